The Morgan fingerprint density at radius 1 is 1.40 bits per heavy atom. The van der Waals surface area contributed by atoms with Crippen molar-refractivity contribution in [2.45, 2.75) is 13.8 Å². The molecule has 0 aliphatic rings. The van der Waals surface area contributed by atoms with Crippen molar-refractivity contribution in [3.05, 3.63) is 40.2 Å². The summed E-state index contributed by atoms with van der Waals surface area (Å²) < 4.78 is 6.81. The quantitative estimate of drug-likeness (QED) is 0.946. The van der Waals surface area contributed by atoms with E-state index in [1.54, 1.807) is 22.9 Å². The summed E-state index contributed by atoms with van der Waals surface area (Å²) in [5.74, 6) is 0.321. The number of hydrogen-bond acceptors (Lipinski definition) is 3. The number of carbonyl (C=O) groups excluding carboxylic acids is 1. The maximum atomic E-state index is 12.3. The maximum Gasteiger partial charge on any atom is 0.259 e. The van der Waals surface area contributed by atoms with Crippen LogP contribution in [0.1, 0.15) is 21.7 Å². The van der Waals surface area contributed by atoms with E-state index in [1.807, 2.05) is 20.9 Å². The normalized spacial score (nSPS) is 10.4. The zero-order chi connectivity index (χ0) is 14.9. The molecular formula is C14H16ClN3O2. The minimum Gasteiger partial charge on any atom is -0.495 e. The van der Waals surface area contributed by atoms with Crippen molar-refractivity contribution in [1.82, 2.24) is 9.78 Å². The molecule has 0 unspecified atom stereocenters. The van der Waals surface area contributed by atoms with Crippen LogP contribution in [-0.4, -0.2) is 22.8 Å². The molecule has 0 saturated carbocycles. The number of benzene rings is 1. The van der Waals surface area contributed by atoms with Crippen molar-refractivity contribution in [3.8, 4) is 5.75 Å². The molecule has 6 heteroatoms. The van der Waals surface area contributed by atoms with Gasteiger partial charge in [-0.2, -0.15) is 5.10 Å². The molecule has 2 rings (SSSR count). The lowest BCUT2D eigenvalue weighted by molar-refractivity contribution is 0.102. The minimum absolute atomic E-state index is 0.197. The fourth-order valence-electron chi connectivity index (χ4n) is 2.03. The van der Waals surface area contributed by atoms with E-state index >= 15 is 0 Å². The Morgan fingerprint density at radius 2 is 2.10 bits per heavy atom. The number of nitrogens with one attached hydrogen (secondary N) is 1. The topological polar surface area (TPSA) is 56.1 Å². The molecule has 1 aromatic heterocycles. The summed E-state index contributed by atoms with van der Waals surface area (Å²) in [6.07, 6.45) is 0. The number of ether oxygens (including phenoxy) is 1. The summed E-state index contributed by atoms with van der Waals surface area (Å²) >= 11 is 5.95. The summed E-state index contributed by atoms with van der Waals surface area (Å²) in [5, 5.41) is 7.55. The van der Waals surface area contributed by atoms with Crippen molar-refractivity contribution in [2.75, 3.05) is 12.4 Å². The number of hydrogen-bond donors (Lipinski definition) is 1. The molecule has 0 aliphatic carbocycles. The van der Waals surface area contributed by atoms with Crippen LogP contribution in [0.15, 0.2) is 18.2 Å². The van der Waals surface area contributed by atoms with Gasteiger partial charge >= 0.3 is 0 Å². The molecule has 0 atom stereocenters. The highest BCUT2D eigenvalue weighted by Crippen LogP contribution is 2.27. The van der Waals surface area contributed by atoms with Gasteiger partial charge in [-0.15, -0.1) is 0 Å². The molecule has 106 valence electrons. The second-order valence-electron chi connectivity index (χ2n) is 4.47. The fourth-order valence-corrected chi connectivity index (χ4v) is 2.23. The average molecular weight is 294 g/mol. The average Bonchev–Trinajstić information content (AvgIpc) is 2.65. The molecule has 0 radical (unpaired) electrons. The van der Waals surface area contributed by atoms with Crippen LogP contribution in [0.2, 0.25) is 5.02 Å². The molecule has 1 N–H and O–H groups in total. The molecule has 0 fully saturated rings. The van der Waals surface area contributed by atoms with E-state index < -0.39 is 0 Å². The first kappa shape index (κ1) is 14.4. The van der Waals surface area contributed by atoms with E-state index in [9.17, 15) is 4.79 Å². The Kier molecular flexibility index (Phi) is 3.99. The second-order valence-corrected chi connectivity index (χ2v) is 4.88. The van der Waals surface area contributed by atoms with Gasteiger partial charge in [-0.1, -0.05) is 11.6 Å². The molecule has 0 spiro atoms. The van der Waals surface area contributed by atoms with E-state index in [0.29, 0.717) is 27.7 Å². The predicted molar refractivity (Wildman–Crippen MR) is 78.6 cm³/mol. The van der Waals surface area contributed by atoms with Gasteiger partial charge in [0.25, 0.3) is 5.91 Å². The Morgan fingerprint density at radius 3 is 2.65 bits per heavy atom. The van der Waals surface area contributed by atoms with Crippen molar-refractivity contribution in [2.24, 2.45) is 7.05 Å². The number of halogens is 1. The zero-order valence-electron chi connectivity index (χ0n) is 11.8. The van der Waals surface area contributed by atoms with Gasteiger partial charge < -0.3 is 10.1 Å². The SMILES string of the molecule is COc1cc(NC(=O)c2c(C)nn(C)c2C)ccc1Cl. The summed E-state index contributed by atoms with van der Waals surface area (Å²) in [7, 11) is 3.34. The maximum absolute atomic E-state index is 12.3. The first-order chi connectivity index (χ1) is 9.43. The van der Waals surface area contributed by atoms with Crippen LogP contribution in [-0.2, 0) is 7.05 Å². The number of nitrogens with zero attached hydrogens (tertiary/aromatic N) is 2. The molecule has 1 heterocycles. The van der Waals surface area contributed by atoms with Crippen LogP contribution in [0.25, 0.3) is 0 Å². The van der Waals surface area contributed by atoms with Gasteiger partial charge in [0.15, 0.2) is 0 Å². The highest BCUT2D eigenvalue weighted by molar-refractivity contribution is 6.32. The second kappa shape index (κ2) is 5.54. The van der Waals surface area contributed by atoms with Gasteiger partial charge in [-0.25, -0.2) is 0 Å². The highest BCUT2D eigenvalue weighted by atomic mass is 35.5. The standard InChI is InChI=1S/C14H16ClN3O2/c1-8-13(9(2)18(3)17-8)14(19)16-10-5-6-11(15)12(7-10)20-4/h5-7H,1-4H3,(H,16,19). The van der Waals surface area contributed by atoms with Crippen molar-refractivity contribution >= 4 is 23.2 Å². The van der Waals surface area contributed by atoms with Gasteiger partial charge in [0, 0.05) is 24.5 Å². The third kappa shape index (κ3) is 2.63. The lowest BCUT2D eigenvalue weighted by Gasteiger charge is -2.08. The Balaban J connectivity index is 2.28. The largest absolute Gasteiger partial charge is 0.495 e. The summed E-state index contributed by atoms with van der Waals surface area (Å²) in [4.78, 5) is 12.3. The van der Waals surface area contributed by atoms with Gasteiger partial charge in [0.1, 0.15) is 5.75 Å². The molecule has 20 heavy (non-hydrogen) atoms. The number of rotatable bonds is 3. The van der Waals surface area contributed by atoms with Crippen LogP contribution in [0.3, 0.4) is 0 Å². The number of aryl methyl sites for hydroxylation is 2. The molecule has 0 aliphatic heterocycles. The fraction of sp³-hybridized carbons (Fsp3) is 0.286. The van der Waals surface area contributed by atoms with Crippen molar-refractivity contribution in [1.29, 1.82) is 0 Å². The molecule has 5 nitrogen and oxygen atoms in total. The van der Waals surface area contributed by atoms with Crippen molar-refractivity contribution in [3.63, 3.8) is 0 Å². The third-order valence-corrected chi connectivity index (χ3v) is 3.46. The summed E-state index contributed by atoms with van der Waals surface area (Å²) in [6, 6.07) is 5.09. The van der Waals surface area contributed by atoms with E-state index in [2.05, 4.69) is 10.4 Å². The van der Waals surface area contributed by atoms with Crippen LogP contribution in [0, 0.1) is 13.8 Å². The van der Waals surface area contributed by atoms with Crippen LogP contribution < -0.4 is 10.1 Å². The van der Waals surface area contributed by atoms with Gasteiger partial charge in [-0.3, -0.25) is 9.48 Å². The van der Waals surface area contributed by atoms with Gasteiger partial charge in [0.2, 0.25) is 0 Å². The Labute approximate surface area is 122 Å². The van der Waals surface area contributed by atoms with Gasteiger partial charge in [0.05, 0.1) is 23.4 Å². The van der Waals surface area contributed by atoms with Crippen LogP contribution in [0.4, 0.5) is 5.69 Å². The smallest absolute Gasteiger partial charge is 0.259 e. The molecule has 1 amide bonds. The molecule has 1 aromatic carbocycles. The lowest BCUT2D eigenvalue weighted by Crippen LogP contribution is -2.14. The van der Waals surface area contributed by atoms with E-state index in [4.69, 9.17) is 16.3 Å². The minimum atomic E-state index is -0.197. The van der Waals surface area contributed by atoms with E-state index in [-0.39, 0.29) is 5.91 Å². The number of anilines is 1. The number of amides is 1. The summed E-state index contributed by atoms with van der Waals surface area (Å²) in [6.45, 7) is 3.67. The number of aromatic nitrogens is 2. The van der Waals surface area contributed by atoms with Crippen LogP contribution in [0.5, 0.6) is 5.75 Å². The number of carbonyl (C=O) groups is 1. The van der Waals surface area contributed by atoms with Crippen LogP contribution >= 0.6 is 11.6 Å². The third-order valence-electron chi connectivity index (χ3n) is 3.15. The first-order valence-electron chi connectivity index (χ1n) is 6.09. The monoisotopic (exact) mass is 293 g/mol. The predicted octanol–water partition coefficient (Wildman–Crippen LogP) is 2.95. The molecule has 2 aromatic rings. The molecule has 0 saturated heterocycles. The van der Waals surface area contributed by atoms with Gasteiger partial charge in [-0.05, 0) is 26.0 Å². The summed E-state index contributed by atoms with van der Waals surface area (Å²) in [5.41, 5.74) is 2.73. The van der Waals surface area contributed by atoms with E-state index in [0.717, 1.165) is 5.69 Å². The highest BCUT2D eigenvalue weighted by Gasteiger charge is 2.17. The molecular weight excluding hydrogens is 278 g/mol. The molecule has 0 bridgehead atoms. The zero-order valence-corrected chi connectivity index (χ0v) is 12.6. The van der Waals surface area contributed by atoms with E-state index in [1.165, 1.54) is 7.11 Å². The lowest BCUT2D eigenvalue weighted by atomic mass is 10.2. The Hall–Kier alpha value is -2.01. The Bertz CT molecular complexity index is 665. The van der Waals surface area contributed by atoms with Crippen molar-refractivity contribution < 1.29 is 9.53 Å². The first-order valence-corrected chi connectivity index (χ1v) is 6.47. The number of methoxy groups -OCH3 is 1.